The van der Waals surface area contributed by atoms with Gasteiger partial charge in [0.2, 0.25) is 0 Å². The second kappa shape index (κ2) is 6.07. The minimum atomic E-state index is -0.667. The van der Waals surface area contributed by atoms with Crippen LogP contribution in [0.1, 0.15) is 5.56 Å². The van der Waals surface area contributed by atoms with Crippen LogP contribution in [0.4, 0.5) is 14.5 Å². The Morgan fingerprint density at radius 1 is 1.00 bits per heavy atom. The fourth-order valence-corrected chi connectivity index (χ4v) is 2.73. The first kappa shape index (κ1) is 14.6. The van der Waals surface area contributed by atoms with Gasteiger partial charge in [0.1, 0.15) is 11.6 Å². The van der Waals surface area contributed by atoms with Crippen molar-refractivity contribution in [2.45, 2.75) is 6.54 Å². The van der Waals surface area contributed by atoms with Gasteiger partial charge in [-0.15, -0.1) is 0 Å². The van der Waals surface area contributed by atoms with Gasteiger partial charge in [0, 0.05) is 27.1 Å². The third-order valence-electron chi connectivity index (χ3n) is 2.40. The quantitative estimate of drug-likeness (QED) is 0.740. The maximum absolute atomic E-state index is 13.6. The SMILES string of the molecule is Fc1cc(F)c(NCc2cc(Cl)cc(Cl)c2)c(Br)c1. The fraction of sp³-hybridized carbons (Fsp3) is 0.0769. The van der Waals surface area contributed by atoms with Gasteiger partial charge in [0.15, 0.2) is 0 Å². The predicted octanol–water partition coefficient (Wildman–Crippen LogP) is 5.65. The zero-order valence-electron chi connectivity index (χ0n) is 9.48. The van der Waals surface area contributed by atoms with Crippen LogP contribution in [-0.4, -0.2) is 0 Å². The van der Waals surface area contributed by atoms with Gasteiger partial charge in [-0.05, 0) is 45.8 Å². The Morgan fingerprint density at radius 3 is 2.21 bits per heavy atom. The molecule has 0 radical (unpaired) electrons. The molecule has 2 aromatic rings. The second-order valence-electron chi connectivity index (χ2n) is 3.88. The van der Waals surface area contributed by atoms with E-state index >= 15 is 0 Å². The molecule has 0 fully saturated rings. The van der Waals surface area contributed by atoms with Crippen molar-refractivity contribution in [2.75, 3.05) is 5.32 Å². The van der Waals surface area contributed by atoms with Crippen LogP contribution in [0.5, 0.6) is 0 Å². The van der Waals surface area contributed by atoms with Crippen LogP contribution >= 0.6 is 39.1 Å². The highest BCUT2D eigenvalue weighted by Gasteiger charge is 2.09. The van der Waals surface area contributed by atoms with Gasteiger partial charge < -0.3 is 5.32 Å². The van der Waals surface area contributed by atoms with Crippen LogP contribution in [-0.2, 0) is 6.54 Å². The van der Waals surface area contributed by atoms with Gasteiger partial charge in [-0.25, -0.2) is 8.78 Å². The van der Waals surface area contributed by atoms with Crippen LogP contribution in [0.15, 0.2) is 34.8 Å². The molecule has 0 saturated carbocycles. The number of benzene rings is 2. The van der Waals surface area contributed by atoms with E-state index in [0.717, 1.165) is 11.6 Å². The Morgan fingerprint density at radius 2 is 1.63 bits per heavy atom. The molecule has 1 N–H and O–H groups in total. The summed E-state index contributed by atoms with van der Waals surface area (Å²) < 4.78 is 26.9. The summed E-state index contributed by atoms with van der Waals surface area (Å²) in [5.74, 6) is -1.30. The molecule has 0 heterocycles. The average Bonchev–Trinajstić information content (AvgIpc) is 2.25. The summed E-state index contributed by atoms with van der Waals surface area (Å²) in [5, 5.41) is 3.88. The molecule has 0 amide bonds. The van der Waals surface area contributed by atoms with Gasteiger partial charge in [-0.3, -0.25) is 0 Å². The first-order chi connectivity index (χ1) is 8.95. The average molecular weight is 367 g/mol. The third-order valence-corrected chi connectivity index (χ3v) is 3.46. The molecule has 0 atom stereocenters. The van der Waals surface area contributed by atoms with E-state index in [4.69, 9.17) is 23.2 Å². The highest BCUT2D eigenvalue weighted by molar-refractivity contribution is 9.10. The zero-order chi connectivity index (χ0) is 14.0. The molecule has 2 aromatic carbocycles. The number of rotatable bonds is 3. The van der Waals surface area contributed by atoms with E-state index in [1.54, 1.807) is 18.2 Å². The van der Waals surface area contributed by atoms with E-state index in [9.17, 15) is 8.78 Å². The normalized spacial score (nSPS) is 10.6. The van der Waals surface area contributed by atoms with E-state index < -0.39 is 11.6 Å². The van der Waals surface area contributed by atoms with Crippen LogP contribution in [0.2, 0.25) is 10.0 Å². The molecular formula is C13H8BrCl2F2N. The molecular weight excluding hydrogens is 359 g/mol. The Balaban J connectivity index is 2.19. The van der Waals surface area contributed by atoms with Crippen molar-refractivity contribution >= 4 is 44.8 Å². The van der Waals surface area contributed by atoms with Crippen LogP contribution < -0.4 is 5.32 Å². The lowest BCUT2D eigenvalue weighted by Crippen LogP contribution is -2.03. The Hall–Kier alpha value is -0.840. The zero-order valence-corrected chi connectivity index (χ0v) is 12.6. The van der Waals surface area contributed by atoms with Crippen LogP contribution in [0.25, 0.3) is 0 Å². The summed E-state index contributed by atoms with van der Waals surface area (Å²) in [7, 11) is 0. The molecule has 0 unspecified atom stereocenters. The van der Waals surface area contributed by atoms with Crippen molar-refractivity contribution in [3.05, 3.63) is 62.0 Å². The van der Waals surface area contributed by atoms with Crippen LogP contribution in [0.3, 0.4) is 0 Å². The molecule has 0 saturated heterocycles. The lowest BCUT2D eigenvalue weighted by atomic mass is 10.2. The van der Waals surface area contributed by atoms with E-state index in [1.807, 2.05) is 0 Å². The topological polar surface area (TPSA) is 12.0 Å². The van der Waals surface area contributed by atoms with E-state index in [2.05, 4.69) is 21.2 Å². The van der Waals surface area contributed by atoms with Gasteiger partial charge in [0.05, 0.1) is 5.69 Å². The monoisotopic (exact) mass is 365 g/mol. The molecule has 0 aromatic heterocycles. The van der Waals surface area contributed by atoms with Crippen molar-refractivity contribution in [3.8, 4) is 0 Å². The van der Waals surface area contributed by atoms with Crippen molar-refractivity contribution in [3.63, 3.8) is 0 Å². The molecule has 0 aliphatic heterocycles. The summed E-state index contributed by atoms with van der Waals surface area (Å²) in [4.78, 5) is 0. The van der Waals surface area contributed by atoms with Gasteiger partial charge in [-0.1, -0.05) is 23.2 Å². The molecule has 0 aliphatic carbocycles. The summed E-state index contributed by atoms with van der Waals surface area (Å²) in [6.45, 7) is 0.321. The third kappa shape index (κ3) is 3.81. The highest BCUT2D eigenvalue weighted by Crippen LogP contribution is 2.28. The molecule has 0 bridgehead atoms. The van der Waals surface area contributed by atoms with Gasteiger partial charge >= 0.3 is 0 Å². The predicted molar refractivity (Wildman–Crippen MR) is 77.8 cm³/mol. The molecule has 1 nitrogen and oxygen atoms in total. The first-order valence-electron chi connectivity index (χ1n) is 5.29. The Labute approximate surface area is 127 Å². The lowest BCUT2D eigenvalue weighted by Gasteiger charge is -2.10. The molecule has 0 aliphatic rings. The molecule has 2 rings (SSSR count). The minimum Gasteiger partial charge on any atom is -0.378 e. The smallest absolute Gasteiger partial charge is 0.150 e. The Kier molecular flexibility index (Phi) is 4.66. The molecule has 6 heteroatoms. The standard InChI is InChI=1S/C13H8BrCl2F2N/c14-11-4-10(17)5-12(18)13(11)19-6-7-1-8(15)3-9(16)2-7/h1-5,19H,6H2. The van der Waals surface area contributed by atoms with Crippen molar-refractivity contribution in [2.24, 2.45) is 0 Å². The second-order valence-corrected chi connectivity index (χ2v) is 5.60. The summed E-state index contributed by atoms with van der Waals surface area (Å²) in [6, 6.07) is 7.06. The number of hydrogen-bond donors (Lipinski definition) is 1. The van der Waals surface area contributed by atoms with E-state index in [1.165, 1.54) is 6.07 Å². The number of hydrogen-bond acceptors (Lipinski definition) is 1. The fourth-order valence-electron chi connectivity index (χ4n) is 1.61. The van der Waals surface area contributed by atoms with Gasteiger partial charge in [0.25, 0.3) is 0 Å². The van der Waals surface area contributed by atoms with Crippen molar-refractivity contribution in [1.29, 1.82) is 0 Å². The number of halogens is 5. The maximum atomic E-state index is 13.6. The minimum absolute atomic E-state index is 0.192. The molecule has 19 heavy (non-hydrogen) atoms. The van der Waals surface area contributed by atoms with E-state index in [-0.39, 0.29) is 5.69 Å². The number of nitrogens with one attached hydrogen (secondary N) is 1. The van der Waals surface area contributed by atoms with Gasteiger partial charge in [-0.2, -0.15) is 0 Å². The molecule has 0 spiro atoms. The maximum Gasteiger partial charge on any atom is 0.150 e. The van der Waals surface area contributed by atoms with Crippen LogP contribution in [0, 0.1) is 11.6 Å². The highest BCUT2D eigenvalue weighted by atomic mass is 79.9. The first-order valence-corrected chi connectivity index (χ1v) is 6.84. The largest absolute Gasteiger partial charge is 0.378 e. The molecule has 100 valence electrons. The summed E-state index contributed by atoms with van der Waals surface area (Å²) in [6.07, 6.45) is 0. The summed E-state index contributed by atoms with van der Waals surface area (Å²) in [5.41, 5.74) is 0.991. The number of anilines is 1. The Bertz CT molecular complexity index is 576. The van der Waals surface area contributed by atoms with E-state index in [0.29, 0.717) is 21.1 Å². The lowest BCUT2D eigenvalue weighted by molar-refractivity contribution is 0.583. The van der Waals surface area contributed by atoms with Crippen molar-refractivity contribution < 1.29 is 8.78 Å². The van der Waals surface area contributed by atoms with Crippen molar-refractivity contribution in [1.82, 2.24) is 0 Å². The summed E-state index contributed by atoms with van der Waals surface area (Å²) >= 11 is 14.8.